The highest BCUT2D eigenvalue weighted by Gasteiger charge is 2.16. The Bertz CT molecular complexity index is 678. The van der Waals surface area contributed by atoms with Crippen molar-refractivity contribution in [2.24, 2.45) is 0 Å². The number of ketones is 1. The van der Waals surface area contributed by atoms with Crippen molar-refractivity contribution < 1.29 is 4.79 Å². The van der Waals surface area contributed by atoms with Gasteiger partial charge in [-0.25, -0.2) is 4.68 Å². The van der Waals surface area contributed by atoms with Crippen molar-refractivity contribution in [3.63, 3.8) is 0 Å². The molecule has 22 heavy (non-hydrogen) atoms. The molecule has 0 unspecified atom stereocenters. The van der Waals surface area contributed by atoms with Crippen LogP contribution in [-0.4, -0.2) is 40.1 Å². The van der Waals surface area contributed by atoms with Crippen molar-refractivity contribution in [1.29, 1.82) is 0 Å². The van der Waals surface area contributed by atoms with Crippen LogP contribution in [0.3, 0.4) is 0 Å². The molecule has 0 spiro atoms. The molecule has 1 saturated heterocycles. The van der Waals surface area contributed by atoms with Crippen LogP contribution in [0.4, 0.5) is 0 Å². The summed E-state index contributed by atoms with van der Waals surface area (Å²) in [6, 6.07) is 7.11. The standard InChI is InChI=1S/C16H17Cl2N3O/c17-12-3-4-16(15(18)9-12)21-8-5-13(19-21)10-14(22)11-20-6-1-2-7-20/h3-5,8-9H,1-2,6-7,10-11H2. The minimum absolute atomic E-state index is 0.203. The first-order valence-electron chi connectivity index (χ1n) is 7.36. The van der Waals surface area contributed by atoms with Gasteiger partial charge >= 0.3 is 0 Å². The van der Waals surface area contributed by atoms with Gasteiger partial charge in [-0.3, -0.25) is 9.69 Å². The number of carbonyl (C=O) groups is 1. The van der Waals surface area contributed by atoms with Gasteiger partial charge in [0.15, 0.2) is 5.78 Å². The van der Waals surface area contributed by atoms with Crippen LogP contribution in [0.2, 0.25) is 10.0 Å². The fourth-order valence-electron chi connectivity index (χ4n) is 2.71. The highest BCUT2D eigenvalue weighted by molar-refractivity contribution is 6.35. The molecule has 0 aliphatic carbocycles. The lowest BCUT2D eigenvalue weighted by Crippen LogP contribution is -2.27. The second-order valence-electron chi connectivity index (χ2n) is 5.55. The summed E-state index contributed by atoms with van der Waals surface area (Å²) < 4.78 is 1.68. The fourth-order valence-corrected chi connectivity index (χ4v) is 3.20. The van der Waals surface area contributed by atoms with Gasteiger partial charge in [-0.05, 0) is 50.2 Å². The zero-order valence-electron chi connectivity index (χ0n) is 12.1. The fraction of sp³-hybridized carbons (Fsp3) is 0.375. The molecule has 116 valence electrons. The molecular weight excluding hydrogens is 321 g/mol. The first-order chi connectivity index (χ1) is 10.6. The van der Waals surface area contributed by atoms with E-state index in [4.69, 9.17) is 23.2 Å². The number of likely N-dealkylation sites (tertiary alicyclic amines) is 1. The lowest BCUT2D eigenvalue weighted by atomic mass is 10.2. The molecule has 6 heteroatoms. The number of Topliss-reactive ketones (excluding diaryl/α,β-unsaturated/α-hetero) is 1. The van der Waals surface area contributed by atoms with E-state index in [0.29, 0.717) is 23.0 Å². The molecule has 0 atom stereocenters. The van der Waals surface area contributed by atoms with Gasteiger partial charge in [-0.15, -0.1) is 0 Å². The van der Waals surface area contributed by atoms with Crippen LogP contribution in [0.1, 0.15) is 18.5 Å². The van der Waals surface area contributed by atoms with Gasteiger partial charge < -0.3 is 0 Å². The van der Waals surface area contributed by atoms with Gasteiger partial charge in [0.2, 0.25) is 0 Å². The van der Waals surface area contributed by atoms with Gasteiger partial charge in [-0.2, -0.15) is 5.10 Å². The smallest absolute Gasteiger partial charge is 0.152 e. The third kappa shape index (κ3) is 3.69. The second kappa shape index (κ2) is 6.82. The Morgan fingerprint density at radius 3 is 2.68 bits per heavy atom. The monoisotopic (exact) mass is 337 g/mol. The van der Waals surface area contributed by atoms with Gasteiger partial charge in [0.1, 0.15) is 0 Å². The second-order valence-corrected chi connectivity index (χ2v) is 6.39. The lowest BCUT2D eigenvalue weighted by Gasteiger charge is -2.12. The Labute approximate surface area is 139 Å². The maximum atomic E-state index is 12.1. The van der Waals surface area contributed by atoms with E-state index in [1.165, 1.54) is 12.8 Å². The molecule has 1 aliphatic heterocycles. The summed E-state index contributed by atoms with van der Waals surface area (Å²) in [7, 11) is 0. The normalized spacial score (nSPS) is 15.4. The van der Waals surface area contributed by atoms with Crippen LogP contribution in [0.25, 0.3) is 5.69 Å². The highest BCUT2D eigenvalue weighted by Crippen LogP contribution is 2.24. The molecule has 0 N–H and O–H groups in total. The van der Waals surface area contributed by atoms with Gasteiger partial charge in [0.05, 0.1) is 29.4 Å². The summed E-state index contributed by atoms with van der Waals surface area (Å²) in [4.78, 5) is 14.3. The van der Waals surface area contributed by atoms with Gasteiger partial charge in [0, 0.05) is 11.2 Å². The summed E-state index contributed by atoms with van der Waals surface area (Å²) in [6.07, 6.45) is 4.55. The van der Waals surface area contributed by atoms with Crippen LogP contribution < -0.4 is 0 Å². The van der Waals surface area contributed by atoms with E-state index in [1.807, 2.05) is 18.3 Å². The number of hydrogen-bond donors (Lipinski definition) is 0. The van der Waals surface area contributed by atoms with E-state index in [2.05, 4.69) is 10.00 Å². The number of halogens is 2. The molecule has 4 nitrogen and oxygen atoms in total. The Hall–Kier alpha value is -1.36. The van der Waals surface area contributed by atoms with Crippen molar-refractivity contribution in [1.82, 2.24) is 14.7 Å². The van der Waals surface area contributed by atoms with Crippen LogP contribution in [0, 0.1) is 0 Å². The van der Waals surface area contributed by atoms with Crippen molar-refractivity contribution in [2.75, 3.05) is 19.6 Å². The number of aromatic nitrogens is 2. The number of nitrogens with zero attached hydrogens (tertiary/aromatic N) is 3. The molecule has 0 radical (unpaired) electrons. The molecule has 2 aromatic rings. The molecule has 1 aliphatic rings. The summed E-state index contributed by atoms with van der Waals surface area (Å²) in [5.41, 5.74) is 1.51. The van der Waals surface area contributed by atoms with Crippen LogP contribution >= 0.6 is 23.2 Å². The van der Waals surface area contributed by atoms with Crippen molar-refractivity contribution >= 4 is 29.0 Å². The molecule has 0 amide bonds. The van der Waals surface area contributed by atoms with E-state index in [1.54, 1.807) is 16.8 Å². The zero-order chi connectivity index (χ0) is 15.5. The quantitative estimate of drug-likeness (QED) is 0.839. The first kappa shape index (κ1) is 15.5. The Morgan fingerprint density at radius 2 is 1.95 bits per heavy atom. The molecule has 2 heterocycles. The third-order valence-corrected chi connectivity index (χ3v) is 4.32. The summed E-state index contributed by atoms with van der Waals surface area (Å²) in [6.45, 7) is 2.58. The van der Waals surface area contributed by atoms with Gasteiger partial charge in [0.25, 0.3) is 0 Å². The molecular formula is C16H17Cl2N3O. The minimum Gasteiger partial charge on any atom is -0.298 e. The third-order valence-electron chi connectivity index (χ3n) is 3.78. The predicted octanol–water partition coefficient (Wildman–Crippen LogP) is 3.39. The van der Waals surface area contributed by atoms with Crippen LogP contribution in [0.15, 0.2) is 30.5 Å². The van der Waals surface area contributed by atoms with E-state index in [9.17, 15) is 4.79 Å². The van der Waals surface area contributed by atoms with E-state index >= 15 is 0 Å². The minimum atomic E-state index is 0.203. The number of rotatable bonds is 5. The Kier molecular flexibility index (Phi) is 4.81. The molecule has 3 rings (SSSR count). The summed E-state index contributed by atoms with van der Waals surface area (Å²) in [5.74, 6) is 0.203. The summed E-state index contributed by atoms with van der Waals surface area (Å²) in [5, 5.41) is 5.55. The molecule has 0 bridgehead atoms. The van der Waals surface area contributed by atoms with Crippen molar-refractivity contribution in [3.8, 4) is 5.69 Å². The number of hydrogen-bond acceptors (Lipinski definition) is 3. The predicted molar refractivity (Wildman–Crippen MR) is 88.0 cm³/mol. The zero-order valence-corrected chi connectivity index (χ0v) is 13.6. The molecule has 1 aromatic heterocycles. The number of benzene rings is 1. The van der Waals surface area contributed by atoms with Crippen LogP contribution in [0.5, 0.6) is 0 Å². The van der Waals surface area contributed by atoms with Crippen LogP contribution in [-0.2, 0) is 11.2 Å². The first-order valence-corrected chi connectivity index (χ1v) is 8.11. The lowest BCUT2D eigenvalue weighted by molar-refractivity contribution is -0.119. The van der Waals surface area contributed by atoms with Crippen molar-refractivity contribution in [2.45, 2.75) is 19.3 Å². The Morgan fingerprint density at radius 1 is 1.18 bits per heavy atom. The maximum Gasteiger partial charge on any atom is 0.152 e. The SMILES string of the molecule is O=C(Cc1ccn(-c2ccc(Cl)cc2Cl)n1)CN1CCCC1. The Balaban J connectivity index is 1.66. The van der Waals surface area contributed by atoms with E-state index < -0.39 is 0 Å². The average Bonchev–Trinajstić information content (AvgIpc) is 3.10. The average molecular weight is 338 g/mol. The highest BCUT2D eigenvalue weighted by atomic mass is 35.5. The summed E-state index contributed by atoms with van der Waals surface area (Å²) >= 11 is 12.1. The number of carbonyl (C=O) groups excluding carboxylic acids is 1. The van der Waals surface area contributed by atoms with E-state index in [0.717, 1.165) is 24.5 Å². The van der Waals surface area contributed by atoms with E-state index in [-0.39, 0.29) is 5.78 Å². The largest absolute Gasteiger partial charge is 0.298 e. The van der Waals surface area contributed by atoms with Gasteiger partial charge in [-0.1, -0.05) is 23.2 Å². The van der Waals surface area contributed by atoms with Crippen molar-refractivity contribution in [3.05, 3.63) is 46.2 Å². The molecule has 0 saturated carbocycles. The molecule has 1 fully saturated rings. The topological polar surface area (TPSA) is 38.1 Å². The maximum absolute atomic E-state index is 12.1. The molecule has 1 aromatic carbocycles.